The van der Waals surface area contributed by atoms with E-state index in [0.29, 0.717) is 0 Å². The van der Waals surface area contributed by atoms with E-state index in [1.54, 1.807) is 0 Å². The summed E-state index contributed by atoms with van der Waals surface area (Å²) in [6.45, 7) is 10.0. The SMILES string of the molecule is C1CO1.C1CO1.C=C. The van der Waals surface area contributed by atoms with E-state index in [9.17, 15) is 0 Å². The van der Waals surface area contributed by atoms with E-state index in [4.69, 9.17) is 0 Å². The van der Waals surface area contributed by atoms with Crippen molar-refractivity contribution < 1.29 is 9.47 Å². The molecule has 0 bridgehead atoms. The maximum absolute atomic E-state index is 4.50. The molecule has 48 valence electrons. The van der Waals surface area contributed by atoms with E-state index in [-0.39, 0.29) is 0 Å². The van der Waals surface area contributed by atoms with Gasteiger partial charge in [0.2, 0.25) is 0 Å². The Morgan fingerprint density at radius 1 is 0.750 bits per heavy atom. The zero-order valence-electron chi connectivity index (χ0n) is 5.06. The van der Waals surface area contributed by atoms with Crippen molar-refractivity contribution in [3.8, 4) is 0 Å². The second kappa shape index (κ2) is 6.66. The maximum Gasteiger partial charge on any atom is 0.0701 e. The first-order valence-corrected chi connectivity index (χ1v) is 2.65. The molecule has 0 radical (unpaired) electrons. The second-order valence-electron chi connectivity index (χ2n) is 1.22. The summed E-state index contributed by atoms with van der Waals surface area (Å²) in [4.78, 5) is 0. The Morgan fingerprint density at radius 3 is 0.875 bits per heavy atom. The fourth-order valence-corrected chi connectivity index (χ4v) is 0. The van der Waals surface area contributed by atoms with Gasteiger partial charge in [0.15, 0.2) is 0 Å². The number of rotatable bonds is 0. The molecule has 2 aliphatic rings. The van der Waals surface area contributed by atoms with E-state index in [1.165, 1.54) is 0 Å². The first-order chi connectivity index (χ1) is 4.00. The predicted molar refractivity (Wildman–Crippen MR) is 32.9 cm³/mol. The monoisotopic (exact) mass is 116 g/mol. The summed E-state index contributed by atoms with van der Waals surface area (Å²) in [6, 6.07) is 0. The van der Waals surface area contributed by atoms with Crippen molar-refractivity contribution in [1.29, 1.82) is 0 Å². The molecule has 2 rings (SSSR count). The van der Waals surface area contributed by atoms with Gasteiger partial charge in [0.25, 0.3) is 0 Å². The van der Waals surface area contributed by atoms with Gasteiger partial charge >= 0.3 is 0 Å². The zero-order chi connectivity index (χ0) is 6.24. The average molecular weight is 116 g/mol. The highest BCUT2D eigenvalue weighted by Crippen LogP contribution is 1.85. The Bertz CT molecular complexity index is 30.3. The molecule has 2 saturated heterocycles. The quantitative estimate of drug-likeness (QED) is 0.346. The van der Waals surface area contributed by atoms with Crippen molar-refractivity contribution in [1.82, 2.24) is 0 Å². The Hall–Kier alpha value is -0.340. The third kappa shape index (κ3) is 44.6. The molecule has 2 heteroatoms. The molecule has 0 aromatic rings. The molecule has 0 atom stereocenters. The molecule has 8 heavy (non-hydrogen) atoms. The molecule has 0 aromatic heterocycles. The van der Waals surface area contributed by atoms with Crippen LogP contribution in [0.3, 0.4) is 0 Å². The average Bonchev–Trinajstić information content (AvgIpc) is 2.67. The minimum absolute atomic E-state index is 1.00. The molecule has 0 unspecified atom stereocenters. The lowest BCUT2D eigenvalue weighted by Gasteiger charge is -1.24. The Morgan fingerprint density at radius 2 is 0.875 bits per heavy atom. The molecular formula is C6H12O2. The van der Waals surface area contributed by atoms with Gasteiger partial charge in [0.05, 0.1) is 26.4 Å². The highest BCUT2D eigenvalue weighted by molar-refractivity contribution is 4.37. The zero-order valence-corrected chi connectivity index (χ0v) is 5.06. The Balaban J connectivity index is 0.0000000957. The summed E-state index contributed by atoms with van der Waals surface area (Å²) in [7, 11) is 0. The normalized spacial score (nSPS) is 18.5. The smallest absolute Gasteiger partial charge is 0.0701 e. The minimum atomic E-state index is 1.00. The summed E-state index contributed by atoms with van der Waals surface area (Å²) in [5, 5.41) is 0. The molecule has 0 N–H and O–H groups in total. The molecule has 2 heterocycles. The van der Waals surface area contributed by atoms with Gasteiger partial charge in [-0.15, -0.1) is 13.2 Å². The summed E-state index contributed by atoms with van der Waals surface area (Å²) >= 11 is 0. The van der Waals surface area contributed by atoms with Crippen LogP contribution in [0.15, 0.2) is 13.2 Å². The molecular weight excluding hydrogens is 104 g/mol. The van der Waals surface area contributed by atoms with Gasteiger partial charge in [-0.3, -0.25) is 0 Å². The van der Waals surface area contributed by atoms with Crippen LogP contribution >= 0.6 is 0 Å². The van der Waals surface area contributed by atoms with Gasteiger partial charge < -0.3 is 9.47 Å². The molecule has 2 nitrogen and oxygen atoms in total. The lowest BCUT2D eigenvalue weighted by molar-refractivity contribution is 0.475. The van der Waals surface area contributed by atoms with Gasteiger partial charge in [-0.05, 0) is 0 Å². The molecule has 0 aromatic carbocycles. The number of hydrogen-bond donors (Lipinski definition) is 0. The van der Waals surface area contributed by atoms with Crippen LogP contribution in [0.5, 0.6) is 0 Å². The third-order valence-electron chi connectivity index (χ3n) is 0.408. The highest BCUT2D eigenvalue weighted by Gasteiger charge is 1.94. The van der Waals surface area contributed by atoms with Crippen LogP contribution in [0.1, 0.15) is 0 Å². The standard InChI is InChI=1S/2C2H4O.C2H4/c2*1-2-3-1;1-2/h2*1-2H2;1-2H2. The van der Waals surface area contributed by atoms with Crippen LogP contribution in [-0.4, -0.2) is 26.4 Å². The van der Waals surface area contributed by atoms with Gasteiger partial charge in [0, 0.05) is 0 Å². The van der Waals surface area contributed by atoms with Crippen LogP contribution in [0, 0.1) is 0 Å². The van der Waals surface area contributed by atoms with Gasteiger partial charge in [-0.1, -0.05) is 0 Å². The van der Waals surface area contributed by atoms with Gasteiger partial charge in [-0.2, -0.15) is 0 Å². The van der Waals surface area contributed by atoms with Crippen LogP contribution < -0.4 is 0 Å². The van der Waals surface area contributed by atoms with Gasteiger partial charge in [-0.25, -0.2) is 0 Å². The van der Waals surface area contributed by atoms with Crippen molar-refractivity contribution >= 4 is 0 Å². The number of epoxide rings is 2. The van der Waals surface area contributed by atoms with Crippen LogP contribution in [-0.2, 0) is 9.47 Å². The number of hydrogen-bond acceptors (Lipinski definition) is 2. The first-order valence-electron chi connectivity index (χ1n) is 2.65. The van der Waals surface area contributed by atoms with E-state index in [2.05, 4.69) is 22.6 Å². The summed E-state index contributed by atoms with van der Waals surface area (Å²) in [6.07, 6.45) is 0. The molecule has 0 saturated carbocycles. The van der Waals surface area contributed by atoms with Crippen LogP contribution in [0.2, 0.25) is 0 Å². The van der Waals surface area contributed by atoms with Crippen molar-refractivity contribution in [2.45, 2.75) is 0 Å². The summed E-state index contributed by atoms with van der Waals surface area (Å²) < 4.78 is 9.00. The Kier molecular flexibility index (Phi) is 6.38. The second-order valence-corrected chi connectivity index (χ2v) is 1.22. The van der Waals surface area contributed by atoms with Gasteiger partial charge in [0.1, 0.15) is 0 Å². The molecule has 0 aliphatic carbocycles. The van der Waals surface area contributed by atoms with E-state index in [0.717, 1.165) is 26.4 Å². The topological polar surface area (TPSA) is 25.1 Å². The first kappa shape index (κ1) is 7.66. The molecule has 0 amide bonds. The lowest BCUT2D eigenvalue weighted by Crippen LogP contribution is -1.20. The summed E-state index contributed by atoms with van der Waals surface area (Å²) in [5.74, 6) is 0. The largest absolute Gasteiger partial charge is 0.377 e. The van der Waals surface area contributed by atoms with Crippen molar-refractivity contribution in [2.75, 3.05) is 26.4 Å². The van der Waals surface area contributed by atoms with Crippen LogP contribution in [0.4, 0.5) is 0 Å². The van der Waals surface area contributed by atoms with E-state index < -0.39 is 0 Å². The van der Waals surface area contributed by atoms with Crippen molar-refractivity contribution in [3.63, 3.8) is 0 Å². The fraction of sp³-hybridized carbons (Fsp3) is 0.667. The minimum Gasteiger partial charge on any atom is -0.377 e. The number of ether oxygens (including phenoxy) is 2. The Labute approximate surface area is 50.1 Å². The van der Waals surface area contributed by atoms with Crippen molar-refractivity contribution in [3.05, 3.63) is 13.2 Å². The van der Waals surface area contributed by atoms with Crippen LogP contribution in [0.25, 0.3) is 0 Å². The fourth-order valence-electron chi connectivity index (χ4n) is 0. The van der Waals surface area contributed by atoms with E-state index >= 15 is 0 Å². The molecule has 2 aliphatic heterocycles. The van der Waals surface area contributed by atoms with Crippen molar-refractivity contribution in [2.24, 2.45) is 0 Å². The van der Waals surface area contributed by atoms with E-state index in [1.807, 2.05) is 0 Å². The summed E-state index contributed by atoms with van der Waals surface area (Å²) in [5.41, 5.74) is 0. The molecule has 0 spiro atoms. The maximum atomic E-state index is 4.50. The third-order valence-corrected chi connectivity index (χ3v) is 0.408. The highest BCUT2D eigenvalue weighted by atomic mass is 16.6. The lowest BCUT2D eigenvalue weighted by atomic mass is 11.0. The molecule has 2 fully saturated rings. The predicted octanol–water partition coefficient (Wildman–Crippen LogP) is 0.835.